The molecule has 0 spiro atoms. The Morgan fingerprint density at radius 2 is 2.32 bits per heavy atom. The Bertz CT molecular complexity index is 677. The molecule has 2 aliphatic rings. The summed E-state index contributed by atoms with van der Waals surface area (Å²) in [5.41, 5.74) is 3.77. The fraction of sp³-hybridized carbons (Fsp3) is 0.438. The molecule has 6 heteroatoms. The summed E-state index contributed by atoms with van der Waals surface area (Å²) in [6, 6.07) is 4.26. The molecule has 114 valence electrons. The summed E-state index contributed by atoms with van der Waals surface area (Å²) in [7, 11) is 0. The van der Waals surface area contributed by atoms with E-state index in [1.165, 1.54) is 0 Å². The van der Waals surface area contributed by atoms with E-state index in [0.29, 0.717) is 18.3 Å². The fourth-order valence-corrected chi connectivity index (χ4v) is 2.98. The number of H-pyrrole nitrogens is 1. The number of fused-ring (bicyclic) bond motifs is 1. The van der Waals surface area contributed by atoms with E-state index in [2.05, 4.69) is 20.5 Å². The normalized spacial score (nSPS) is 17.1. The first-order chi connectivity index (χ1) is 10.8. The van der Waals surface area contributed by atoms with Gasteiger partial charge in [-0.15, -0.1) is 0 Å². The molecule has 22 heavy (non-hydrogen) atoms. The number of carbonyl (C=O) groups is 1. The quantitative estimate of drug-likeness (QED) is 0.891. The van der Waals surface area contributed by atoms with Gasteiger partial charge in [-0.2, -0.15) is 5.10 Å². The number of rotatable bonds is 4. The highest BCUT2D eigenvalue weighted by atomic mass is 16.2. The molecule has 2 aromatic heterocycles. The largest absolute Gasteiger partial charge is 0.330 e. The molecule has 0 radical (unpaired) electrons. The van der Waals surface area contributed by atoms with Crippen LogP contribution in [0.15, 0.2) is 24.5 Å². The number of amides is 1. The van der Waals surface area contributed by atoms with Gasteiger partial charge >= 0.3 is 0 Å². The Kier molecular flexibility index (Phi) is 3.38. The number of pyridine rings is 1. The highest BCUT2D eigenvalue weighted by Crippen LogP contribution is 2.30. The highest BCUT2D eigenvalue weighted by Gasteiger charge is 2.35. The molecule has 4 rings (SSSR count). The van der Waals surface area contributed by atoms with E-state index in [0.717, 1.165) is 49.2 Å². The van der Waals surface area contributed by atoms with Crippen LogP contribution in [-0.2, 0) is 19.5 Å². The van der Waals surface area contributed by atoms with E-state index in [1.54, 1.807) is 6.20 Å². The molecule has 1 amide bonds. The minimum atomic E-state index is 0.0348. The Morgan fingerprint density at radius 3 is 3.09 bits per heavy atom. The average Bonchev–Trinajstić information content (AvgIpc) is 3.31. The van der Waals surface area contributed by atoms with Crippen LogP contribution in [0.1, 0.15) is 40.2 Å². The van der Waals surface area contributed by atoms with Crippen molar-refractivity contribution < 1.29 is 4.79 Å². The number of nitrogens with one attached hydrogen (secondary N) is 2. The lowest BCUT2D eigenvalue weighted by Crippen LogP contribution is -2.34. The van der Waals surface area contributed by atoms with Gasteiger partial charge in [-0.25, -0.2) is 0 Å². The van der Waals surface area contributed by atoms with E-state index in [9.17, 15) is 4.79 Å². The second-order valence-electron chi connectivity index (χ2n) is 5.98. The van der Waals surface area contributed by atoms with Crippen LogP contribution in [0.25, 0.3) is 0 Å². The van der Waals surface area contributed by atoms with Crippen molar-refractivity contribution in [1.29, 1.82) is 0 Å². The smallest absolute Gasteiger partial charge is 0.275 e. The van der Waals surface area contributed by atoms with E-state index in [1.807, 2.05) is 23.2 Å². The number of aromatic nitrogens is 3. The van der Waals surface area contributed by atoms with E-state index < -0.39 is 0 Å². The molecule has 0 unspecified atom stereocenters. The Balaban J connectivity index is 1.60. The van der Waals surface area contributed by atoms with Crippen molar-refractivity contribution in [2.24, 2.45) is 0 Å². The lowest BCUT2D eigenvalue weighted by molar-refractivity contribution is 0.0722. The minimum Gasteiger partial charge on any atom is -0.330 e. The number of hydrogen-bond donors (Lipinski definition) is 2. The molecule has 0 bridgehead atoms. The predicted molar refractivity (Wildman–Crippen MR) is 81.1 cm³/mol. The summed E-state index contributed by atoms with van der Waals surface area (Å²) < 4.78 is 0. The van der Waals surface area contributed by atoms with Crippen molar-refractivity contribution in [1.82, 2.24) is 25.4 Å². The monoisotopic (exact) mass is 297 g/mol. The molecule has 0 atom stereocenters. The molecule has 6 nitrogen and oxygen atoms in total. The average molecular weight is 297 g/mol. The zero-order chi connectivity index (χ0) is 14.9. The first-order valence-corrected chi connectivity index (χ1v) is 7.79. The van der Waals surface area contributed by atoms with Gasteiger partial charge in [0.25, 0.3) is 5.91 Å². The molecule has 2 N–H and O–H groups in total. The van der Waals surface area contributed by atoms with Crippen molar-refractivity contribution in [2.75, 3.05) is 6.54 Å². The van der Waals surface area contributed by atoms with Gasteiger partial charge in [0.1, 0.15) is 0 Å². The van der Waals surface area contributed by atoms with Crippen LogP contribution in [0.2, 0.25) is 0 Å². The van der Waals surface area contributed by atoms with E-state index >= 15 is 0 Å². The molecule has 1 aliphatic heterocycles. The summed E-state index contributed by atoms with van der Waals surface area (Å²) in [4.78, 5) is 19.0. The van der Waals surface area contributed by atoms with Crippen molar-refractivity contribution in [3.8, 4) is 0 Å². The van der Waals surface area contributed by atoms with Crippen LogP contribution in [0.3, 0.4) is 0 Å². The molecule has 0 aromatic carbocycles. The standard InChI is InChI=1S/C16H19N5O/c22-16(15-13-9-18-7-5-14(13)19-20-15)21(12-3-4-12)10-11-2-1-6-17-8-11/h1-2,6,8,12,18H,3-5,7,9-10H2,(H,19,20). The summed E-state index contributed by atoms with van der Waals surface area (Å²) in [5, 5.41) is 10.6. The van der Waals surface area contributed by atoms with Crippen molar-refractivity contribution in [3.05, 3.63) is 47.0 Å². The predicted octanol–water partition coefficient (Wildman–Crippen LogP) is 1.26. The summed E-state index contributed by atoms with van der Waals surface area (Å²) in [6.45, 7) is 2.26. The minimum absolute atomic E-state index is 0.0348. The Morgan fingerprint density at radius 1 is 1.41 bits per heavy atom. The van der Waals surface area contributed by atoms with Gasteiger partial charge in [0.15, 0.2) is 5.69 Å². The Hall–Kier alpha value is -2.21. The first-order valence-electron chi connectivity index (χ1n) is 7.79. The van der Waals surface area contributed by atoms with Crippen molar-refractivity contribution >= 4 is 5.91 Å². The van der Waals surface area contributed by atoms with Crippen LogP contribution in [0.5, 0.6) is 0 Å². The fourth-order valence-electron chi connectivity index (χ4n) is 2.98. The van der Waals surface area contributed by atoms with Gasteiger partial charge in [0.2, 0.25) is 0 Å². The van der Waals surface area contributed by atoms with Crippen LogP contribution < -0.4 is 5.32 Å². The zero-order valence-corrected chi connectivity index (χ0v) is 12.4. The Labute approximate surface area is 128 Å². The maximum absolute atomic E-state index is 13.0. The van der Waals surface area contributed by atoms with E-state index in [4.69, 9.17) is 0 Å². The van der Waals surface area contributed by atoms with Gasteiger partial charge in [-0.05, 0) is 24.5 Å². The summed E-state index contributed by atoms with van der Waals surface area (Å²) in [5.74, 6) is 0.0348. The highest BCUT2D eigenvalue weighted by molar-refractivity contribution is 5.94. The summed E-state index contributed by atoms with van der Waals surface area (Å²) >= 11 is 0. The molecule has 1 saturated carbocycles. The number of carbonyl (C=O) groups excluding carboxylic acids is 1. The van der Waals surface area contributed by atoms with Gasteiger partial charge < -0.3 is 10.2 Å². The second kappa shape index (κ2) is 5.53. The van der Waals surface area contributed by atoms with Gasteiger partial charge in [-0.1, -0.05) is 6.07 Å². The topological polar surface area (TPSA) is 73.9 Å². The maximum atomic E-state index is 13.0. The maximum Gasteiger partial charge on any atom is 0.275 e. The molecule has 0 saturated heterocycles. The van der Waals surface area contributed by atoms with Gasteiger partial charge in [0.05, 0.1) is 0 Å². The van der Waals surface area contributed by atoms with E-state index in [-0.39, 0.29) is 5.91 Å². The second-order valence-corrected chi connectivity index (χ2v) is 5.98. The molecule has 1 fully saturated rings. The molecule has 3 heterocycles. The van der Waals surface area contributed by atoms with Crippen LogP contribution in [-0.4, -0.2) is 38.6 Å². The van der Waals surface area contributed by atoms with Crippen LogP contribution >= 0.6 is 0 Å². The van der Waals surface area contributed by atoms with Gasteiger partial charge in [0, 0.05) is 55.7 Å². The van der Waals surface area contributed by atoms with Crippen LogP contribution in [0, 0.1) is 0 Å². The van der Waals surface area contributed by atoms with Crippen molar-refractivity contribution in [3.63, 3.8) is 0 Å². The number of hydrogen-bond acceptors (Lipinski definition) is 4. The lowest BCUT2D eigenvalue weighted by Gasteiger charge is -2.22. The number of nitrogens with zero attached hydrogens (tertiary/aromatic N) is 3. The third kappa shape index (κ3) is 2.50. The summed E-state index contributed by atoms with van der Waals surface area (Å²) in [6.07, 6.45) is 6.64. The van der Waals surface area contributed by atoms with Crippen LogP contribution in [0.4, 0.5) is 0 Å². The molecular weight excluding hydrogens is 278 g/mol. The van der Waals surface area contributed by atoms with Crippen molar-refractivity contribution in [2.45, 2.75) is 38.4 Å². The lowest BCUT2D eigenvalue weighted by atomic mass is 10.1. The SMILES string of the molecule is O=C(c1n[nH]c2c1CNCC2)N(Cc1cccnc1)C1CC1. The van der Waals surface area contributed by atoms with Gasteiger partial charge in [-0.3, -0.25) is 14.9 Å². The third-order valence-electron chi connectivity index (χ3n) is 4.33. The molecular formula is C16H19N5O. The zero-order valence-electron chi connectivity index (χ0n) is 12.4. The first kappa shape index (κ1) is 13.5. The number of aromatic amines is 1. The molecule has 2 aromatic rings. The molecule has 1 aliphatic carbocycles. The third-order valence-corrected chi connectivity index (χ3v) is 4.33.